The summed E-state index contributed by atoms with van der Waals surface area (Å²) in [6.45, 7) is 2.12. The second-order valence-electron chi connectivity index (χ2n) is 11.0. The Kier molecular flexibility index (Phi) is 22.7. The van der Waals surface area contributed by atoms with Crippen LogP contribution >= 0.6 is 7.82 Å². The first kappa shape index (κ1) is 36.2. The molecule has 220 valence electrons. The Balaban J connectivity index is 3.53. The number of esters is 1. The molecule has 0 aliphatic heterocycles. The molecular formula is C28H57NO7P+. The molecule has 9 heteroatoms. The highest BCUT2D eigenvalue weighted by molar-refractivity contribution is 7.47. The fraction of sp³-hybridized carbons (Fsp3) is 0.893. The van der Waals surface area contributed by atoms with Gasteiger partial charge < -0.3 is 19.2 Å². The van der Waals surface area contributed by atoms with Crippen LogP contribution in [0.15, 0.2) is 12.2 Å². The molecule has 0 heterocycles. The van der Waals surface area contributed by atoms with Crippen LogP contribution in [-0.2, 0) is 23.1 Å². The van der Waals surface area contributed by atoms with Crippen molar-refractivity contribution >= 4 is 13.8 Å². The van der Waals surface area contributed by atoms with Gasteiger partial charge in [-0.3, -0.25) is 13.8 Å². The first-order valence-corrected chi connectivity index (χ1v) is 16.0. The van der Waals surface area contributed by atoms with Crippen LogP contribution in [0.4, 0.5) is 0 Å². The summed E-state index contributed by atoms with van der Waals surface area (Å²) in [6, 6.07) is 0. The topological polar surface area (TPSA) is 102 Å². The molecule has 0 saturated carbocycles. The van der Waals surface area contributed by atoms with E-state index in [2.05, 4.69) is 19.1 Å². The smallest absolute Gasteiger partial charge is 0.463 e. The van der Waals surface area contributed by atoms with E-state index < -0.39 is 20.5 Å². The number of aliphatic hydroxyl groups excluding tert-OH is 1. The number of nitrogens with zero attached hydrogens (tertiary/aromatic N) is 1. The average Bonchev–Trinajstić information content (AvgIpc) is 2.82. The van der Waals surface area contributed by atoms with E-state index >= 15 is 0 Å². The van der Waals surface area contributed by atoms with Crippen LogP contribution in [0.5, 0.6) is 0 Å². The zero-order valence-electron chi connectivity index (χ0n) is 24.2. The lowest BCUT2D eigenvalue weighted by Crippen LogP contribution is -2.37. The number of carbonyl (C=O) groups excluding carboxylic acids is 1. The number of aliphatic hydroxyl groups is 1. The Labute approximate surface area is 227 Å². The van der Waals surface area contributed by atoms with E-state index in [1.54, 1.807) is 0 Å². The summed E-state index contributed by atoms with van der Waals surface area (Å²) in [7, 11) is 1.56. The molecule has 1 unspecified atom stereocenters. The van der Waals surface area contributed by atoms with E-state index in [0.717, 1.165) is 19.3 Å². The molecule has 0 spiro atoms. The summed E-state index contributed by atoms with van der Waals surface area (Å²) in [5.74, 6) is -0.375. The number of quaternary nitrogens is 1. The average molecular weight is 551 g/mol. The summed E-state index contributed by atoms with van der Waals surface area (Å²) < 4.78 is 27.1. The maximum Gasteiger partial charge on any atom is 0.472 e. The number of allylic oxidation sites excluding steroid dienone is 2. The fourth-order valence-electron chi connectivity index (χ4n) is 3.65. The summed E-state index contributed by atoms with van der Waals surface area (Å²) in [6.07, 6.45) is 22.1. The van der Waals surface area contributed by atoms with Crippen molar-refractivity contribution < 1.29 is 37.6 Å². The van der Waals surface area contributed by atoms with E-state index in [4.69, 9.17) is 13.8 Å². The van der Waals surface area contributed by atoms with Gasteiger partial charge in [-0.25, -0.2) is 4.57 Å². The van der Waals surface area contributed by atoms with Crippen LogP contribution in [0.3, 0.4) is 0 Å². The molecule has 0 saturated heterocycles. The summed E-state index contributed by atoms with van der Waals surface area (Å²) in [4.78, 5) is 21.5. The lowest BCUT2D eigenvalue weighted by atomic mass is 10.1. The summed E-state index contributed by atoms with van der Waals surface area (Å²) in [5, 5.41) is 9.84. The Morgan fingerprint density at radius 3 is 1.86 bits per heavy atom. The minimum atomic E-state index is -4.24. The highest BCUT2D eigenvalue weighted by Gasteiger charge is 2.24. The highest BCUT2D eigenvalue weighted by atomic mass is 31.2. The Morgan fingerprint density at radius 1 is 0.811 bits per heavy atom. The van der Waals surface area contributed by atoms with Crippen molar-refractivity contribution in [3.8, 4) is 0 Å². The monoisotopic (exact) mass is 550 g/mol. The minimum Gasteiger partial charge on any atom is -0.463 e. The zero-order valence-corrected chi connectivity index (χ0v) is 25.1. The van der Waals surface area contributed by atoms with Crippen molar-refractivity contribution in [3.63, 3.8) is 0 Å². The number of ether oxygens (including phenoxy) is 1. The van der Waals surface area contributed by atoms with Crippen LogP contribution in [0.2, 0.25) is 0 Å². The third kappa shape index (κ3) is 28.1. The molecule has 0 bridgehead atoms. The van der Waals surface area contributed by atoms with Gasteiger partial charge >= 0.3 is 13.8 Å². The SMILES string of the molecule is CCCCCC/C=C/CCCCCCCCCCCC(=O)OC[C@H](O)COP(=O)(O)OCC[N+](C)(C)C. The van der Waals surface area contributed by atoms with Gasteiger partial charge in [0.2, 0.25) is 0 Å². The summed E-state index contributed by atoms with van der Waals surface area (Å²) in [5.41, 5.74) is 0. The highest BCUT2D eigenvalue weighted by Crippen LogP contribution is 2.43. The number of phosphoric acid groups is 1. The van der Waals surface area contributed by atoms with E-state index in [0.29, 0.717) is 17.4 Å². The second-order valence-corrected chi connectivity index (χ2v) is 12.4. The lowest BCUT2D eigenvalue weighted by Gasteiger charge is -2.24. The Hall–Kier alpha value is -0.760. The first-order chi connectivity index (χ1) is 17.6. The van der Waals surface area contributed by atoms with Crippen molar-refractivity contribution in [3.05, 3.63) is 12.2 Å². The molecule has 0 fully saturated rings. The second kappa shape index (κ2) is 23.2. The number of carbonyl (C=O) groups is 1. The van der Waals surface area contributed by atoms with Gasteiger partial charge in [-0.15, -0.1) is 0 Å². The van der Waals surface area contributed by atoms with Crippen molar-refractivity contribution in [2.24, 2.45) is 0 Å². The number of rotatable bonds is 26. The first-order valence-electron chi connectivity index (χ1n) is 14.5. The standard InChI is InChI=1S/C28H56NO7P/c1-5-6-7-8-9-10-11-12-13-14-15-16-17-18-19-20-21-22-28(31)34-25-27(30)26-36-37(32,33)35-24-23-29(2,3)4/h10-11,27,30H,5-9,12-26H2,1-4H3/p+1/b11-10+/t27-/m0/s1. The van der Waals surface area contributed by atoms with Crippen molar-refractivity contribution in [1.29, 1.82) is 0 Å². The quantitative estimate of drug-likeness (QED) is 0.0414. The van der Waals surface area contributed by atoms with Gasteiger partial charge in [-0.2, -0.15) is 0 Å². The van der Waals surface area contributed by atoms with Gasteiger partial charge in [0.15, 0.2) is 0 Å². The maximum absolute atomic E-state index is 11.8. The number of unbranched alkanes of at least 4 members (excludes halogenated alkanes) is 13. The maximum atomic E-state index is 11.8. The fourth-order valence-corrected chi connectivity index (χ4v) is 4.40. The van der Waals surface area contributed by atoms with Gasteiger partial charge in [0.05, 0.1) is 27.7 Å². The molecule has 0 aromatic heterocycles. The predicted molar refractivity (Wildman–Crippen MR) is 150 cm³/mol. The van der Waals surface area contributed by atoms with Crippen molar-refractivity contribution in [2.45, 2.75) is 116 Å². The lowest BCUT2D eigenvalue weighted by molar-refractivity contribution is -0.870. The number of likely N-dealkylation sites (N-methyl/N-ethyl adjacent to an activating group) is 1. The van der Waals surface area contributed by atoms with Gasteiger partial charge in [0.25, 0.3) is 0 Å². The van der Waals surface area contributed by atoms with Crippen LogP contribution in [0.1, 0.15) is 110 Å². The number of hydrogen-bond donors (Lipinski definition) is 2. The summed E-state index contributed by atoms with van der Waals surface area (Å²) >= 11 is 0. The Morgan fingerprint density at radius 2 is 1.32 bits per heavy atom. The van der Waals surface area contributed by atoms with Crippen LogP contribution in [0.25, 0.3) is 0 Å². The molecule has 0 aliphatic carbocycles. The Bertz CT molecular complexity index is 622. The van der Waals surface area contributed by atoms with Gasteiger partial charge in [-0.1, -0.05) is 83.3 Å². The molecular weight excluding hydrogens is 493 g/mol. The van der Waals surface area contributed by atoms with Gasteiger partial charge in [-0.05, 0) is 32.1 Å². The minimum absolute atomic E-state index is 0.0551. The predicted octanol–water partition coefficient (Wildman–Crippen LogP) is 6.55. The zero-order chi connectivity index (χ0) is 27.8. The molecule has 0 aromatic rings. The van der Waals surface area contributed by atoms with E-state index in [1.165, 1.54) is 77.0 Å². The third-order valence-corrected chi connectivity index (χ3v) is 7.01. The largest absolute Gasteiger partial charge is 0.472 e. The third-order valence-electron chi connectivity index (χ3n) is 6.03. The number of hydrogen-bond acceptors (Lipinski definition) is 6. The molecule has 8 nitrogen and oxygen atoms in total. The number of phosphoric ester groups is 1. The van der Waals surface area contributed by atoms with Crippen LogP contribution in [0, 0.1) is 0 Å². The molecule has 37 heavy (non-hydrogen) atoms. The van der Waals surface area contributed by atoms with E-state index in [-0.39, 0.29) is 19.2 Å². The molecule has 2 atom stereocenters. The normalized spacial score (nSPS) is 14.6. The van der Waals surface area contributed by atoms with Crippen molar-refractivity contribution in [1.82, 2.24) is 0 Å². The molecule has 0 amide bonds. The molecule has 2 N–H and O–H groups in total. The molecule has 0 aliphatic rings. The van der Waals surface area contributed by atoms with E-state index in [1.807, 2.05) is 21.1 Å². The molecule has 0 radical (unpaired) electrons. The van der Waals surface area contributed by atoms with Gasteiger partial charge in [0, 0.05) is 6.42 Å². The van der Waals surface area contributed by atoms with Crippen LogP contribution < -0.4 is 0 Å². The van der Waals surface area contributed by atoms with Crippen molar-refractivity contribution in [2.75, 3.05) is 47.5 Å². The molecule has 0 rings (SSSR count). The van der Waals surface area contributed by atoms with E-state index in [9.17, 15) is 19.4 Å². The molecule has 0 aromatic carbocycles. The van der Waals surface area contributed by atoms with Crippen LogP contribution in [-0.4, -0.2) is 74.1 Å². The van der Waals surface area contributed by atoms with Gasteiger partial charge in [0.1, 0.15) is 25.9 Å².